The Kier molecular flexibility index (Phi) is 6.65. The summed E-state index contributed by atoms with van der Waals surface area (Å²) in [7, 11) is 1.65. The summed E-state index contributed by atoms with van der Waals surface area (Å²) in [5.41, 5.74) is 4.52. The highest BCUT2D eigenvalue weighted by Gasteiger charge is 2.12. The van der Waals surface area contributed by atoms with Gasteiger partial charge in [0.15, 0.2) is 0 Å². The van der Waals surface area contributed by atoms with E-state index in [4.69, 9.17) is 16.3 Å². The van der Waals surface area contributed by atoms with Crippen LogP contribution < -0.4 is 10.1 Å². The summed E-state index contributed by atoms with van der Waals surface area (Å²) in [6.07, 6.45) is 4.99. The molecule has 6 nitrogen and oxygen atoms in total. The van der Waals surface area contributed by atoms with Crippen LogP contribution in [0.15, 0.2) is 30.3 Å². The molecule has 0 atom stereocenters. The fourth-order valence-corrected chi connectivity index (χ4v) is 4.19. The summed E-state index contributed by atoms with van der Waals surface area (Å²) < 4.78 is 5.34. The molecule has 3 aromatic rings. The molecule has 0 aliphatic carbocycles. The Morgan fingerprint density at radius 2 is 1.93 bits per heavy atom. The third-order valence-corrected chi connectivity index (χ3v) is 5.95. The molecule has 7 heteroatoms. The molecule has 30 heavy (non-hydrogen) atoms. The molecule has 1 aliphatic rings. The lowest BCUT2D eigenvalue weighted by Crippen LogP contribution is -2.21. The zero-order chi connectivity index (χ0) is 20.9. The number of ether oxygens (including phenoxy) is 1. The average Bonchev–Trinajstić information content (AvgIpc) is 3.27. The predicted molar refractivity (Wildman–Crippen MR) is 122 cm³/mol. The highest BCUT2D eigenvalue weighted by molar-refractivity contribution is 6.33. The molecular weight excluding hydrogens is 398 g/mol. The van der Waals surface area contributed by atoms with Crippen molar-refractivity contribution >= 4 is 28.6 Å². The van der Waals surface area contributed by atoms with Crippen molar-refractivity contribution in [3.8, 4) is 16.9 Å². The number of halogens is 1. The Hall–Kier alpha value is -2.44. The summed E-state index contributed by atoms with van der Waals surface area (Å²) in [5, 5.41) is 12.7. The number of benzene rings is 2. The Morgan fingerprint density at radius 3 is 2.73 bits per heavy atom. The summed E-state index contributed by atoms with van der Waals surface area (Å²) in [6, 6.07) is 9.68. The number of methoxy groups -OCH3 is 1. The number of rotatable bonds is 8. The first kappa shape index (κ1) is 20.8. The van der Waals surface area contributed by atoms with Crippen LogP contribution in [0.2, 0.25) is 5.02 Å². The number of aryl methyl sites for hydroxylation is 1. The number of nitrogens with zero attached hydrogens (tertiary/aromatic N) is 4. The van der Waals surface area contributed by atoms with Gasteiger partial charge in [0, 0.05) is 17.1 Å². The largest absolute Gasteiger partial charge is 0.497 e. The van der Waals surface area contributed by atoms with Crippen LogP contribution in [0.3, 0.4) is 0 Å². The molecule has 1 N–H and O–H groups in total. The first-order valence-electron chi connectivity index (χ1n) is 10.6. The number of aromatic nitrogens is 3. The maximum atomic E-state index is 6.42. The summed E-state index contributed by atoms with van der Waals surface area (Å²) in [5.74, 6) is 1.35. The van der Waals surface area contributed by atoms with Gasteiger partial charge in [0.05, 0.1) is 12.6 Å². The van der Waals surface area contributed by atoms with Crippen molar-refractivity contribution in [1.29, 1.82) is 0 Å². The molecule has 2 heterocycles. The van der Waals surface area contributed by atoms with E-state index in [1.165, 1.54) is 38.9 Å². The second-order valence-corrected chi connectivity index (χ2v) is 8.23. The number of anilines is 1. The number of likely N-dealkylation sites (tertiary alicyclic amines) is 1. The lowest BCUT2D eigenvalue weighted by Gasteiger charge is -2.14. The fourth-order valence-electron chi connectivity index (χ4n) is 3.96. The topological polar surface area (TPSA) is 63.2 Å². The molecule has 0 amide bonds. The van der Waals surface area contributed by atoms with Crippen molar-refractivity contribution in [2.24, 2.45) is 0 Å². The molecule has 1 fully saturated rings. The molecule has 0 unspecified atom stereocenters. The number of nitrogens with one attached hydrogen (secondary N) is 1. The molecular formula is C23H28ClN5O. The molecule has 0 saturated carbocycles. The summed E-state index contributed by atoms with van der Waals surface area (Å²) in [6.45, 7) is 6.60. The lowest BCUT2D eigenvalue weighted by molar-refractivity contribution is 0.331. The Morgan fingerprint density at radius 1 is 1.10 bits per heavy atom. The molecule has 1 saturated heterocycles. The Balaban J connectivity index is 1.45. The maximum Gasteiger partial charge on any atom is 0.243 e. The number of unbranched alkanes of at least 4 members (excludes halogenated alkanes) is 1. The number of fused-ring (bicyclic) bond motifs is 1. The van der Waals surface area contributed by atoms with E-state index in [1.54, 1.807) is 7.11 Å². The zero-order valence-electron chi connectivity index (χ0n) is 17.6. The van der Waals surface area contributed by atoms with E-state index in [-0.39, 0.29) is 0 Å². The van der Waals surface area contributed by atoms with Gasteiger partial charge in [-0.1, -0.05) is 11.6 Å². The quantitative estimate of drug-likeness (QED) is 0.515. The van der Waals surface area contributed by atoms with Crippen LogP contribution in [0.1, 0.15) is 31.2 Å². The van der Waals surface area contributed by atoms with Gasteiger partial charge < -0.3 is 15.0 Å². The Bertz CT molecular complexity index is 1020. The second kappa shape index (κ2) is 9.58. The molecule has 0 bridgehead atoms. The van der Waals surface area contributed by atoms with Gasteiger partial charge in [0.2, 0.25) is 5.95 Å². The third kappa shape index (κ3) is 4.82. The van der Waals surface area contributed by atoms with E-state index in [0.29, 0.717) is 11.0 Å². The van der Waals surface area contributed by atoms with Crippen molar-refractivity contribution in [2.75, 3.05) is 38.6 Å². The standard InChI is InChI=1S/C23H28ClN5O/c1-16-13-17(19-15-18(30-2)7-8-20(19)24)14-21-22(16)26-23(28-27-21)25-9-3-4-10-29-11-5-6-12-29/h7-8,13-15H,3-6,9-12H2,1-2H3,(H,25,26,28). The van der Waals surface area contributed by atoms with Crippen molar-refractivity contribution in [3.05, 3.63) is 40.9 Å². The van der Waals surface area contributed by atoms with Crippen molar-refractivity contribution < 1.29 is 4.74 Å². The van der Waals surface area contributed by atoms with Crippen molar-refractivity contribution in [3.63, 3.8) is 0 Å². The van der Waals surface area contributed by atoms with Crippen molar-refractivity contribution in [2.45, 2.75) is 32.6 Å². The number of hydrogen-bond acceptors (Lipinski definition) is 6. The monoisotopic (exact) mass is 425 g/mol. The van der Waals surface area contributed by atoms with E-state index < -0.39 is 0 Å². The van der Waals surface area contributed by atoms with Gasteiger partial charge >= 0.3 is 0 Å². The van der Waals surface area contributed by atoms with Gasteiger partial charge in [0.1, 0.15) is 11.3 Å². The molecule has 0 spiro atoms. The minimum Gasteiger partial charge on any atom is -0.497 e. The molecule has 2 aromatic carbocycles. The smallest absolute Gasteiger partial charge is 0.243 e. The van der Waals surface area contributed by atoms with Gasteiger partial charge in [-0.15, -0.1) is 10.2 Å². The van der Waals surface area contributed by atoms with E-state index in [0.717, 1.165) is 46.4 Å². The summed E-state index contributed by atoms with van der Waals surface area (Å²) in [4.78, 5) is 7.23. The predicted octanol–water partition coefficient (Wildman–Crippen LogP) is 4.95. The van der Waals surface area contributed by atoms with Crippen LogP contribution in [-0.4, -0.2) is 53.4 Å². The normalized spacial score (nSPS) is 14.4. The Labute approximate surface area is 182 Å². The van der Waals surface area contributed by atoms with Crippen LogP contribution in [0.25, 0.3) is 22.2 Å². The van der Waals surface area contributed by atoms with E-state index in [1.807, 2.05) is 31.2 Å². The lowest BCUT2D eigenvalue weighted by atomic mass is 10.0. The fraction of sp³-hybridized carbons (Fsp3) is 0.435. The molecule has 1 aliphatic heterocycles. The van der Waals surface area contributed by atoms with Crippen LogP contribution >= 0.6 is 11.6 Å². The second-order valence-electron chi connectivity index (χ2n) is 7.82. The summed E-state index contributed by atoms with van der Waals surface area (Å²) >= 11 is 6.42. The first-order valence-corrected chi connectivity index (χ1v) is 11.0. The highest BCUT2D eigenvalue weighted by atomic mass is 35.5. The van der Waals surface area contributed by atoms with Gasteiger partial charge in [-0.2, -0.15) is 0 Å². The van der Waals surface area contributed by atoms with Gasteiger partial charge in [0.25, 0.3) is 0 Å². The molecule has 158 valence electrons. The molecule has 0 radical (unpaired) electrons. The minimum atomic E-state index is 0.582. The zero-order valence-corrected chi connectivity index (χ0v) is 18.4. The van der Waals surface area contributed by atoms with Crippen LogP contribution in [0, 0.1) is 6.92 Å². The van der Waals surface area contributed by atoms with E-state index >= 15 is 0 Å². The van der Waals surface area contributed by atoms with E-state index in [2.05, 4.69) is 31.5 Å². The van der Waals surface area contributed by atoms with Crippen LogP contribution in [0.4, 0.5) is 5.95 Å². The number of hydrogen-bond donors (Lipinski definition) is 1. The maximum absolute atomic E-state index is 6.42. The SMILES string of the molecule is COc1ccc(Cl)c(-c2cc(C)c3nc(NCCCCN4CCCC4)nnc3c2)c1. The minimum absolute atomic E-state index is 0.582. The van der Waals surface area contributed by atoms with Gasteiger partial charge in [-0.3, -0.25) is 0 Å². The van der Waals surface area contributed by atoms with E-state index in [9.17, 15) is 0 Å². The van der Waals surface area contributed by atoms with Crippen LogP contribution in [0.5, 0.6) is 5.75 Å². The van der Waals surface area contributed by atoms with Crippen LogP contribution in [-0.2, 0) is 0 Å². The first-order chi connectivity index (χ1) is 14.6. The third-order valence-electron chi connectivity index (χ3n) is 5.62. The highest BCUT2D eigenvalue weighted by Crippen LogP contribution is 2.33. The van der Waals surface area contributed by atoms with Crippen molar-refractivity contribution in [1.82, 2.24) is 20.1 Å². The van der Waals surface area contributed by atoms with Gasteiger partial charge in [-0.25, -0.2) is 4.98 Å². The molecule has 4 rings (SSSR count). The average molecular weight is 426 g/mol. The van der Waals surface area contributed by atoms with Gasteiger partial charge in [-0.05, 0) is 93.7 Å². The molecule has 1 aromatic heterocycles.